The van der Waals surface area contributed by atoms with Crippen molar-refractivity contribution in [2.24, 2.45) is 17.8 Å². The summed E-state index contributed by atoms with van der Waals surface area (Å²) < 4.78 is 3.06. The molecule has 0 atom stereocenters. The molecule has 0 radical (unpaired) electrons. The minimum absolute atomic E-state index is 0.104. The van der Waals surface area contributed by atoms with Crippen LogP contribution in [0.1, 0.15) is 68.6 Å². The number of unbranched alkanes of at least 4 members (excludes halogenated alkanes) is 1. The molecule has 2 aromatic heterocycles. The summed E-state index contributed by atoms with van der Waals surface area (Å²) in [6.07, 6.45) is 10.0. The molecule has 0 aromatic carbocycles. The molecule has 8 heteroatoms. The highest BCUT2D eigenvalue weighted by Gasteiger charge is 2.51. The fourth-order valence-corrected chi connectivity index (χ4v) is 6.77. The molecule has 0 unspecified atom stereocenters. The Morgan fingerprint density at radius 3 is 2.42 bits per heavy atom. The van der Waals surface area contributed by atoms with Gasteiger partial charge in [-0.05, 0) is 62.7 Å². The minimum Gasteiger partial charge on any atom is -0.505 e. The van der Waals surface area contributed by atoms with Gasteiger partial charge in [0.25, 0.3) is 11.5 Å². The summed E-state index contributed by atoms with van der Waals surface area (Å²) in [7, 11) is 0. The second-order valence-electron chi connectivity index (χ2n) is 10.0. The highest BCUT2D eigenvalue weighted by Crippen LogP contribution is 2.55. The first kappa shape index (κ1) is 20.5. The Morgan fingerprint density at radius 2 is 1.84 bits per heavy atom. The standard InChI is InChI=1S/C23H32N4O4/c1-2-3-4-27-17-13-26(5-6-28)25-19(17)20(29)18(22(27)31)21(30)24-23-10-14-7-15(11-23)9-16(8-14)12-23/h13-16,28-29H,2-12H2,1H3,(H,24,30). The van der Waals surface area contributed by atoms with E-state index in [0.717, 1.165) is 32.1 Å². The molecule has 4 saturated carbocycles. The van der Waals surface area contributed by atoms with Gasteiger partial charge in [0, 0.05) is 18.3 Å². The van der Waals surface area contributed by atoms with Crippen LogP contribution >= 0.6 is 0 Å². The van der Waals surface area contributed by atoms with Crippen molar-refractivity contribution >= 4 is 16.9 Å². The number of amides is 1. The molecule has 8 nitrogen and oxygen atoms in total. The number of nitrogens with one attached hydrogen (secondary N) is 1. The number of rotatable bonds is 7. The van der Waals surface area contributed by atoms with Crippen molar-refractivity contribution in [3.05, 3.63) is 22.1 Å². The van der Waals surface area contributed by atoms with Crippen molar-refractivity contribution in [2.75, 3.05) is 6.61 Å². The fourth-order valence-electron chi connectivity index (χ4n) is 6.77. The molecule has 2 heterocycles. The third-order valence-corrected chi connectivity index (χ3v) is 7.66. The van der Waals surface area contributed by atoms with Crippen LogP contribution in [0, 0.1) is 17.8 Å². The number of hydrogen-bond donors (Lipinski definition) is 3. The van der Waals surface area contributed by atoms with Gasteiger partial charge in [0.15, 0.2) is 11.3 Å². The number of carbonyl (C=O) groups excluding carboxylic acids is 1. The highest BCUT2D eigenvalue weighted by molar-refractivity contribution is 6.01. The normalized spacial score (nSPS) is 29.0. The molecule has 4 fully saturated rings. The largest absolute Gasteiger partial charge is 0.505 e. The van der Waals surface area contributed by atoms with Crippen LogP contribution in [0.25, 0.3) is 11.0 Å². The van der Waals surface area contributed by atoms with E-state index in [-0.39, 0.29) is 35.5 Å². The Bertz CT molecular complexity index is 1030. The third kappa shape index (κ3) is 3.45. The number of nitrogens with zero attached hydrogens (tertiary/aromatic N) is 3. The Hall–Kier alpha value is -2.35. The van der Waals surface area contributed by atoms with E-state index >= 15 is 0 Å². The van der Waals surface area contributed by atoms with Crippen LogP contribution in [-0.4, -0.2) is 42.6 Å². The van der Waals surface area contributed by atoms with Gasteiger partial charge in [-0.1, -0.05) is 13.3 Å². The molecule has 4 aliphatic rings. The van der Waals surface area contributed by atoms with Crippen LogP contribution in [0.5, 0.6) is 5.75 Å². The summed E-state index contributed by atoms with van der Waals surface area (Å²) in [5, 5.41) is 27.8. The molecule has 4 aliphatic carbocycles. The van der Waals surface area contributed by atoms with Crippen LogP contribution in [-0.2, 0) is 13.1 Å². The van der Waals surface area contributed by atoms with Gasteiger partial charge in [0.1, 0.15) is 5.56 Å². The predicted molar refractivity (Wildman–Crippen MR) is 116 cm³/mol. The SMILES string of the molecule is CCCCn1c(=O)c(C(=O)NC23CC4CC(CC(C4)C2)C3)c(O)c2nn(CCO)cc21. The van der Waals surface area contributed by atoms with Gasteiger partial charge in [0.2, 0.25) is 0 Å². The molecule has 0 spiro atoms. The first-order valence-electron chi connectivity index (χ1n) is 11.7. The van der Waals surface area contributed by atoms with Gasteiger partial charge < -0.3 is 20.1 Å². The van der Waals surface area contributed by atoms with Gasteiger partial charge >= 0.3 is 0 Å². The van der Waals surface area contributed by atoms with Crippen molar-refractivity contribution in [2.45, 2.75) is 76.9 Å². The maximum absolute atomic E-state index is 13.4. The topological polar surface area (TPSA) is 109 Å². The molecule has 2 aromatic rings. The van der Waals surface area contributed by atoms with E-state index in [1.54, 1.807) is 10.8 Å². The Balaban J connectivity index is 1.54. The highest BCUT2D eigenvalue weighted by atomic mass is 16.3. The Morgan fingerprint density at radius 1 is 1.19 bits per heavy atom. The summed E-state index contributed by atoms with van der Waals surface area (Å²) in [5.41, 5.74) is -0.183. The van der Waals surface area contributed by atoms with E-state index < -0.39 is 11.5 Å². The number of aryl methyl sites for hydroxylation is 1. The molecule has 168 valence electrons. The molecular formula is C23H32N4O4. The summed E-state index contributed by atoms with van der Waals surface area (Å²) in [6, 6.07) is 0. The lowest BCUT2D eigenvalue weighted by molar-refractivity contribution is -0.0167. The Labute approximate surface area is 181 Å². The van der Waals surface area contributed by atoms with E-state index in [9.17, 15) is 19.8 Å². The van der Waals surface area contributed by atoms with E-state index in [1.807, 2.05) is 6.92 Å². The van der Waals surface area contributed by atoms with E-state index in [0.29, 0.717) is 29.8 Å². The summed E-state index contributed by atoms with van der Waals surface area (Å²) in [6.45, 7) is 2.64. The minimum atomic E-state index is -0.478. The summed E-state index contributed by atoms with van der Waals surface area (Å²) in [4.78, 5) is 26.8. The molecular weight excluding hydrogens is 396 g/mol. The lowest BCUT2D eigenvalue weighted by atomic mass is 9.53. The number of aliphatic hydroxyl groups excluding tert-OH is 1. The van der Waals surface area contributed by atoms with Crippen molar-refractivity contribution in [1.29, 1.82) is 0 Å². The molecule has 0 saturated heterocycles. The fraction of sp³-hybridized carbons (Fsp3) is 0.696. The van der Waals surface area contributed by atoms with Gasteiger partial charge in [0.05, 0.1) is 18.7 Å². The average molecular weight is 429 g/mol. The number of aromatic hydroxyl groups is 1. The number of pyridine rings is 1. The van der Waals surface area contributed by atoms with Gasteiger partial charge in [-0.3, -0.25) is 14.3 Å². The van der Waals surface area contributed by atoms with Crippen molar-refractivity contribution < 1.29 is 15.0 Å². The number of aromatic nitrogens is 3. The monoisotopic (exact) mass is 428 g/mol. The summed E-state index contributed by atoms with van der Waals surface area (Å²) >= 11 is 0. The lowest BCUT2D eigenvalue weighted by Crippen LogP contribution is -2.60. The molecule has 6 rings (SSSR count). The predicted octanol–water partition coefficient (Wildman–Crippen LogP) is 2.39. The first-order valence-corrected chi connectivity index (χ1v) is 11.7. The van der Waals surface area contributed by atoms with E-state index in [1.165, 1.54) is 23.9 Å². The second-order valence-corrected chi connectivity index (χ2v) is 10.0. The molecule has 0 aliphatic heterocycles. The average Bonchev–Trinajstić information content (AvgIpc) is 3.11. The maximum atomic E-state index is 13.4. The molecule has 3 N–H and O–H groups in total. The van der Waals surface area contributed by atoms with Crippen molar-refractivity contribution in [3.8, 4) is 5.75 Å². The molecule has 1 amide bonds. The number of carbonyl (C=O) groups is 1. The molecule has 4 bridgehead atoms. The van der Waals surface area contributed by atoms with Crippen LogP contribution in [0.2, 0.25) is 0 Å². The van der Waals surface area contributed by atoms with Gasteiger partial charge in [-0.25, -0.2) is 0 Å². The zero-order chi connectivity index (χ0) is 21.8. The number of aliphatic hydroxyl groups is 1. The van der Waals surface area contributed by atoms with Gasteiger partial charge in [-0.2, -0.15) is 5.10 Å². The quantitative estimate of drug-likeness (QED) is 0.627. The van der Waals surface area contributed by atoms with Crippen LogP contribution in [0.15, 0.2) is 11.0 Å². The van der Waals surface area contributed by atoms with E-state index in [2.05, 4.69) is 10.4 Å². The Kier molecular flexibility index (Phi) is 5.07. The van der Waals surface area contributed by atoms with Crippen LogP contribution in [0.4, 0.5) is 0 Å². The van der Waals surface area contributed by atoms with Crippen LogP contribution < -0.4 is 10.9 Å². The zero-order valence-corrected chi connectivity index (χ0v) is 18.1. The van der Waals surface area contributed by atoms with Gasteiger partial charge in [-0.15, -0.1) is 0 Å². The first-order chi connectivity index (χ1) is 14.9. The molecule has 31 heavy (non-hydrogen) atoms. The lowest BCUT2D eigenvalue weighted by Gasteiger charge is -2.56. The zero-order valence-electron chi connectivity index (χ0n) is 18.1. The second kappa shape index (κ2) is 7.65. The smallest absolute Gasteiger partial charge is 0.267 e. The number of fused-ring (bicyclic) bond motifs is 1. The van der Waals surface area contributed by atoms with Crippen LogP contribution in [0.3, 0.4) is 0 Å². The summed E-state index contributed by atoms with van der Waals surface area (Å²) in [5.74, 6) is 1.16. The van der Waals surface area contributed by atoms with Crippen molar-refractivity contribution in [3.63, 3.8) is 0 Å². The van der Waals surface area contributed by atoms with E-state index in [4.69, 9.17) is 0 Å². The third-order valence-electron chi connectivity index (χ3n) is 7.66. The van der Waals surface area contributed by atoms with Crippen molar-refractivity contribution in [1.82, 2.24) is 19.7 Å². The number of hydrogen-bond acceptors (Lipinski definition) is 5. The maximum Gasteiger partial charge on any atom is 0.267 e.